The van der Waals surface area contributed by atoms with E-state index in [0.717, 1.165) is 49.7 Å². The van der Waals surface area contributed by atoms with E-state index in [1.807, 2.05) is 65.6 Å². The Balaban J connectivity index is 1.93. The Morgan fingerprint density at radius 2 is 1.54 bits per heavy atom. The van der Waals surface area contributed by atoms with Crippen LogP contribution in [0.5, 0.6) is 0 Å². The third-order valence-electron chi connectivity index (χ3n) is 6.91. The monoisotopic (exact) mass is 481 g/mol. The second kappa shape index (κ2) is 12.7. The van der Waals surface area contributed by atoms with Crippen LogP contribution < -0.4 is 10.6 Å². The average molecular weight is 482 g/mol. The third kappa shape index (κ3) is 6.83. The molecule has 0 aliphatic carbocycles. The van der Waals surface area contributed by atoms with Gasteiger partial charge < -0.3 is 20.4 Å². The highest BCUT2D eigenvalue weighted by Gasteiger charge is 2.52. The lowest BCUT2D eigenvalue weighted by molar-refractivity contribution is -0.135. The van der Waals surface area contributed by atoms with Crippen molar-refractivity contribution in [3.8, 4) is 0 Å². The minimum atomic E-state index is -1.22. The van der Waals surface area contributed by atoms with Gasteiger partial charge in [-0.25, -0.2) is 4.79 Å². The van der Waals surface area contributed by atoms with Crippen molar-refractivity contribution < 1.29 is 19.8 Å². The van der Waals surface area contributed by atoms with Gasteiger partial charge in [-0.1, -0.05) is 100 Å². The lowest BCUT2D eigenvalue weighted by Gasteiger charge is -2.39. The van der Waals surface area contributed by atoms with Crippen molar-refractivity contribution in [3.63, 3.8) is 0 Å². The Labute approximate surface area is 208 Å². The van der Waals surface area contributed by atoms with Crippen LogP contribution in [0.3, 0.4) is 0 Å². The van der Waals surface area contributed by atoms with Crippen molar-refractivity contribution in [1.29, 1.82) is 0 Å². The fraction of sp³-hybridized carbons (Fsp3) is 0.500. The molecule has 1 saturated heterocycles. The summed E-state index contributed by atoms with van der Waals surface area (Å²) in [6, 6.07) is 17.6. The van der Waals surface area contributed by atoms with Crippen molar-refractivity contribution >= 4 is 12.0 Å². The number of carbonyl (C=O) groups is 2. The molecule has 2 aromatic carbocycles. The Morgan fingerprint density at radius 1 is 1.00 bits per heavy atom. The fourth-order valence-electron chi connectivity index (χ4n) is 5.03. The van der Waals surface area contributed by atoms with Gasteiger partial charge in [-0.2, -0.15) is 0 Å². The molecule has 190 valence electrons. The molecule has 0 bridgehead atoms. The summed E-state index contributed by atoms with van der Waals surface area (Å²) in [6.07, 6.45) is 3.28. The van der Waals surface area contributed by atoms with Gasteiger partial charge in [0.2, 0.25) is 5.91 Å². The van der Waals surface area contributed by atoms with E-state index in [1.54, 1.807) is 0 Å². The van der Waals surface area contributed by atoms with Gasteiger partial charge in [0.15, 0.2) is 0 Å². The molecule has 0 saturated carbocycles. The van der Waals surface area contributed by atoms with E-state index in [9.17, 15) is 19.8 Å². The summed E-state index contributed by atoms with van der Waals surface area (Å²) < 4.78 is 0. The molecule has 0 unspecified atom stereocenters. The van der Waals surface area contributed by atoms with Gasteiger partial charge >= 0.3 is 6.09 Å². The molecule has 1 aliphatic rings. The van der Waals surface area contributed by atoms with Gasteiger partial charge in [-0.15, -0.1) is 0 Å². The first kappa shape index (κ1) is 26.7. The van der Waals surface area contributed by atoms with E-state index < -0.39 is 29.9 Å². The predicted molar refractivity (Wildman–Crippen MR) is 137 cm³/mol. The van der Waals surface area contributed by atoms with Crippen LogP contribution in [-0.2, 0) is 17.8 Å². The standard InChI is InChI=1S/C28H39N3O4/c1-3-5-17-28(18-6-4-2)30-24(26(33)31(28)20-22-15-11-8-12-16-22)25(32)23(29-27(34)35)19-21-13-9-7-10-14-21/h7-16,23-25,29-30,32H,3-6,17-20H2,1-2H3,(H,34,35)/t23-,24-,25+/m0/s1. The van der Waals surface area contributed by atoms with Crippen LogP contribution in [0, 0.1) is 0 Å². The molecular formula is C28H39N3O4. The molecule has 1 fully saturated rings. The lowest BCUT2D eigenvalue weighted by Crippen LogP contribution is -2.57. The zero-order valence-corrected chi connectivity index (χ0v) is 20.8. The Bertz CT molecular complexity index is 930. The van der Waals surface area contributed by atoms with Gasteiger partial charge in [-0.05, 0) is 30.4 Å². The Hall–Kier alpha value is -2.90. The van der Waals surface area contributed by atoms with E-state index in [0.29, 0.717) is 6.54 Å². The minimum Gasteiger partial charge on any atom is -0.465 e. The van der Waals surface area contributed by atoms with Gasteiger partial charge in [0.05, 0.1) is 17.8 Å². The number of aliphatic hydroxyl groups is 1. The SMILES string of the molecule is CCCCC1(CCCC)N[C@@H]([C@H](O)[C@H](Cc2ccccc2)NC(=O)O)C(=O)N1Cc1ccccc1. The molecule has 3 atom stereocenters. The number of hydrogen-bond acceptors (Lipinski definition) is 4. The molecule has 3 rings (SSSR count). The van der Waals surface area contributed by atoms with Crippen molar-refractivity contribution in [1.82, 2.24) is 15.5 Å². The molecule has 0 radical (unpaired) electrons. The summed E-state index contributed by atoms with van der Waals surface area (Å²) >= 11 is 0. The quantitative estimate of drug-likeness (QED) is 0.342. The van der Waals surface area contributed by atoms with Crippen molar-refractivity contribution in [3.05, 3.63) is 71.8 Å². The number of aliphatic hydroxyl groups excluding tert-OH is 1. The van der Waals surface area contributed by atoms with Crippen LogP contribution in [0.4, 0.5) is 4.79 Å². The van der Waals surface area contributed by atoms with E-state index in [-0.39, 0.29) is 12.3 Å². The maximum Gasteiger partial charge on any atom is 0.404 e. The molecular weight excluding hydrogens is 442 g/mol. The highest BCUT2D eigenvalue weighted by molar-refractivity contribution is 5.86. The number of hydrogen-bond donors (Lipinski definition) is 4. The molecule has 7 heteroatoms. The maximum atomic E-state index is 13.9. The van der Waals surface area contributed by atoms with Gasteiger partial charge in [0.25, 0.3) is 0 Å². The molecule has 1 aliphatic heterocycles. The third-order valence-corrected chi connectivity index (χ3v) is 6.91. The second-order valence-corrected chi connectivity index (χ2v) is 9.51. The Morgan fingerprint density at radius 3 is 2.06 bits per heavy atom. The summed E-state index contributed by atoms with van der Waals surface area (Å²) in [7, 11) is 0. The molecule has 4 N–H and O–H groups in total. The van der Waals surface area contributed by atoms with Crippen molar-refractivity contribution in [2.24, 2.45) is 0 Å². The number of benzene rings is 2. The number of nitrogens with one attached hydrogen (secondary N) is 2. The number of carbonyl (C=O) groups excluding carboxylic acids is 1. The first-order valence-electron chi connectivity index (χ1n) is 12.7. The number of carboxylic acid groups (broad SMARTS) is 1. The van der Waals surface area contributed by atoms with Gasteiger partial charge in [0, 0.05) is 6.54 Å². The predicted octanol–water partition coefficient (Wildman–Crippen LogP) is 4.30. The zero-order chi connectivity index (χ0) is 25.3. The summed E-state index contributed by atoms with van der Waals surface area (Å²) in [5.41, 5.74) is 1.34. The average Bonchev–Trinajstić information content (AvgIpc) is 3.13. The molecule has 7 nitrogen and oxygen atoms in total. The van der Waals surface area contributed by atoms with Gasteiger partial charge in [-0.3, -0.25) is 10.1 Å². The zero-order valence-electron chi connectivity index (χ0n) is 20.8. The molecule has 1 heterocycles. The van der Waals surface area contributed by atoms with E-state index in [2.05, 4.69) is 24.5 Å². The molecule has 0 spiro atoms. The normalized spacial score (nSPS) is 18.9. The molecule has 35 heavy (non-hydrogen) atoms. The molecule has 2 aromatic rings. The summed E-state index contributed by atoms with van der Waals surface area (Å²) in [5.74, 6) is -0.182. The molecule has 2 amide bonds. The van der Waals surface area contributed by atoms with Gasteiger partial charge in [0.1, 0.15) is 6.04 Å². The molecule has 0 aromatic heterocycles. The summed E-state index contributed by atoms with van der Waals surface area (Å²) in [4.78, 5) is 27.3. The first-order chi connectivity index (χ1) is 16.9. The van der Waals surface area contributed by atoms with Crippen LogP contribution in [0.1, 0.15) is 63.5 Å². The van der Waals surface area contributed by atoms with E-state index >= 15 is 0 Å². The van der Waals surface area contributed by atoms with Crippen molar-refractivity contribution in [2.45, 2.75) is 89.2 Å². The highest BCUT2D eigenvalue weighted by Crippen LogP contribution is 2.35. The summed E-state index contributed by atoms with van der Waals surface area (Å²) in [6.45, 7) is 4.70. The first-order valence-corrected chi connectivity index (χ1v) is 12.7. The van der Waals surface area contributed by atoms with E-state index in [4.69, 9.17) is 0 Å². The highest BCUT2D eigenvalue weighted by atomic mass is 16.4. The Kier molecular flexibility index (Phi) is 9.69. The van der Waals surface area contributed by atoms with Crippen molar-refractivity contribution in [2.75, 3.05) is 0 Å². The summed E-state index contributed by atoms with van der Waals surface area (Å²) in [5, 5.41) is 26.9. The lowest BCUT2D eigenvalue weighted by atomic mass is 9.94. The van der Waals surface area contributed by atoms with Crippen LogP contribution in [-0.4, -0.2) is 51.0 Å². The maximum absolute atomic E-state index is 13.9. The number of rotatable bonds is 13. The number of amides is 2. The second-order valence-electron chi connectivity index (χ2n) is 9.51. The van der Waals surface area contributed by atoms with Crippen LogP contribution in [0.15, 0.2) is 60.7 Å². The smallest absolute Gasteiger partial charge is 0.404 e. The topological polar surface area (TPSA) is 102 Å². The minimum absolute atomic E-state index is 0.182. The van der Waals surface area contributed by atoms with Crippen LogP contribution >= 0.6 is 0 Å². The number of unbranched alkanes of at least 4 members (excludes halogenated alkanes) is 2. The fourth-order valence-corrected chi connectivity index (χ4v) is 5.03. The van der Waals surface area contributed by atoms with Crippen LogP contribution in [0.2, 0.25) is 0 Å². The number of nitrogens with zero attached hydrogens (tertiary/aromatic N) is 1. The van der Waals surface area contributed by atoms with Crippen LogP contribution in [0.25, 0.3) is 0 Å². The van der Waals surface area contributed by atoms with E-state index in [1.165, 1.54) is 0 Å². The largest absolute Gasteiger partial charge is 0.465 e.